The van der Waals surface area contributed by atoms with Crippen LogP contribution in [0.4, 0.5) is 0 Å². The summed E-state index contributed by atoms with van der Waals surface area (Å²) in [5.41, 5.74) is 0. The van der Waals surface area contributed by atoms with Gasteiger partial charge in [-0.1, -0.05) is 38.5 Å². The van der Waals surface area contributed by atoms with Crippen LogP contribution in [0.2, 0.25) is 0 Å². The first-order valence-corrected chi connectivity index (χ1v) is 5.05. The van der Waals surface area contributed by atoms with Gasteiger partial charge in [-0.05, 0) is 13.8 Å². The van der Waals surface area contributed by atoms with E-state index in [1.54, 1.807) is 13.8 Å². The maximum atomic E-state index is 7.57. The lowest BCUT2D eigenvalue weighted by Gasteiger charge is -2.05. The molecule has 0 saturated heterocycles. The third-order valence-electron chi connectivity index (χ3n) is 1.50. The summed E-state index contributed by atoms with van der Waals surface area (Å²) < 4.78 is 0. The van der Waals surface area contributed by atoms with Gasteiger partial charge in [0.15, 0.2) is 0 Å². The lowest BCUT2D eigenvalue weighted by Crippen LogP contribution is -1.85. The van der Waals surface area contributed by atoms with Crippen LogP contribution in [0, 0.1) is 0 Å². The number of hydrogen-bond donors (Lipinski definition) is 2. The Morgan fingerprint density at radius 1 is 0.667 bits per heavy atom. The van der Waals surface area contributed by atoms with Crippen molar-refractivity contribution in [3.05, 3.63) is 0 Å². The molecule has 0 aromatic rings. The van der Waals surface area contributed by atoms with Gasteiger partial charge >= 0.3 is 0 Å². The number of hydrogen-bond acceptors (Lipinski definition) is 2. The molecule has 1 aliphatic carbocycles. The Balaban J connectivity index is 0. The van der Waals surface area contributed by atoms with Gasteiger partial charge in [-0.2, -0.15) is 0 Å². The first-order valence-electron chi connectivity index (χ1n) is 5.05. The molecule has 2 heteroatoms. The predicted octanol–water partition coefficient (Wildman–Crippen LogP) is 2.34. The molecular formula is C10H24O2. The van der Waals surface area contributed by atoms with Gasteiger partial charge in [0.05, 0.1) is 0 Å². The standard InChI is InChI=1S/C6H12.2C2H6O/c1-2-4-6-5-3-1;2*1-2-3/h1-6H2;2*3H,2H2,1H3. The summed E-state index contributed by atoms with van der Waals surface area (Å²) >= 11 is 0. The van der Waals surface area contributed by atoms with E-state index in [9.17, 15) is 0 Å². The summed E-state index contributed by atoms with van der Waals surface area (Å²) in [6.07, 6.45) is 9.00. The Morgan fingerprint density at radius 3 is 0.833 bits per heavy atom. The molecule has 12 heavy (non-hydrogen) atoms. The molecule has 0 aromatic heterocycles. The molecule has 2 N–H and O–H groups in total. The van der Waals surface area contributed by atoms with Crippen molar-refractivity contribution < 1.29 is 10.2 Å². The summed E-state index contributed by atoms with van der Waals surface area (Å²) in [5.74, 6) is 0. The molecule has 0 radical (unpaired) electrons. The normalized spacial score (nSPS) is 15.0. The van der Waals surface area contributed by atoms with Crippen LogP contribution in [-0.4, -0.2) is 23.4 Å². The third kappa shape index (κ3) is 22.5. The minimum atomic E-state index is 0.250. The van der Waals surface area contributed by atoms with E-state index in [2.05, 4.69) is 0 Å². The second-order valence-corrected chi connectivity index (χ2v) is 2.75. The Hall–Kier alpha value is -0.0800. The van der Waals surface area contributed by atoms with Crippen LogP contribution in [0.25, 0.3) is 0 Å². The van der Waals surface area contributed by atoms with Crippen LogP contribution in [0.1, 0.15) is 52.4 Å². The summed E-state index contributed by atoms with van der Waals surface area (Å²) in [4.78, 5) is 0. The van der Waals surface area contributed by atoms with Gasteiger partial charge in [-0.15, -0.1) is 0 Å². The fourth-order valence-corrected chi connectivity index (χ4v) is 1.06. The van der Waals surface area contributed by atoms with E-state index in [-0.39, 0.29) is 13.2 Å². The van der Waals surface area contributed by atoms with Crippen molar-refractivity contribution in [2.24, 2.45) is 0 Å². The molecule has 0 aromatic carbocycles. The average Bonchev–Trinajstić information content (AvgIpc) is 2.10. The molecule has 1 aliphatic rings. The highest BCUT2D eigenvalue weighted by Gasteiger charge is 1.95. The van der Waals surface area contributed by atoms with E-state index in [1.807, 2.05) is 0 Å². The molecule has 0 spiro atoms. The van der Waals surface area contributed by atoms with E-state index < -0.39 is 0 Å². The van der Waals surface area contributed by atoms with Crippen molar-refractivity contribution in [2.45, 2.75) is 52.4 Å². The monoisotopic (exact) mass is 176 g/mol. The van der Waals surface area contributed by atoms with Crippen molar-refractivity contribution in [2.75, 3.05) is 13.2 Å². The number of rotatable bonds is 0. The van der Waals surface area contributed by atoms with Crippen LogP contribution in [0.3, 0.4) is 0 Å². The summed E-state index contributed by atoms with van der Waals surface area (Å²) in [5, 5.41) is 15.1. The van der Waals surface area contributed by atoms with E-state index in [1.165, 1.54) is 38.5 Å². The zero-order chi connectivity index (χ0) is 9.66. The Morgan fingerprint density at radius 2 is 0.750 bits per heavy atom. The van der Waals surface area contributed by atoms with Crippen LogP contribution in [-0.2, 0) is 0 Å². The SMILES string of the molecule is C1CCCCC1.CCO.CCO. The number of aliphatic hydroxyl groups excluding tert-OH is 2. The molecule has 1 rings (SSSR count). The average molecular weight is 176 g/mol. The molecule has 2 nitrogen and oxygen atoms in total. The lowest BCUT2D eigenvalue weighted by atomic mass is 10.0. The van der Waals surface area contributed by atoms with E-state index in [4.69, 9.17) is 10.2 Å². The van der Waals surface area contributed by atoms with E-state index in [0.717, 1.165) is 0 Å². The van der Waals surface area contributed by atoms with E-state index >= 15 is 0 Å². The van der Waals surface area contributed by atoms with Crippen LogP contribution in [0.15, 0.2) is 0 Å². The molecule has 76 valence electrons. The van der Waals surface area contributed by atoms with Crippen molar-refractivity contribution in [1.29, 1.82) is 0 Å². The third-order valence-corrected chi connectivity index (χ3v) is 1.50. The van der Waals surface area contributed by atoms with Crippen LogP contribution < -0.4 is 0 Å². The van der Waals surface area contributed by atoms with Crippen molar-refractivity contribution >= 4 is 0 Å². The molecule has 0 amide bonds. The Bertz CT molecular complexity index is 38.3. The first-order chi connectivity index (χ1) is 5.83. The quantitative estimate of drug-likeness (QED) is 0.594. The molecular weight excluding hydrogens is 152 g/mol. The van der Waals surface area contributed by atoms with E-state index in [0.29, 0.717) is 0 Å². The van der Waals surface area contributed by atoms with Gasteiger partial charge in [0.2, 0.25) is 0 Å². The van der Waals surface area contributed by atoms with Crippen molar-refractivity contribution in [3.8, 4) is 0 Å². The first kappa shape index (κ1) is 14.4. The molecule has 1 saturated carbocycles. The maximum Gasteiger partial charge on any atom is 0.0402 e. The summed E-state index contributed by atoms with van der Waals surface area (Å²) in [6.45, 7) is 3.86. The second-order valence-electron chi connectivity index (χ2n) is 2.75. The summed E-state index contributed by atoms with van der Waals surface area (Å²) in [7, 11) is 0. The molecule has 0 aliphatic heterocycles. The Labute approximate surface area is 76.6 Å². The fraction of sp³-hybridized carbons (Fsp3) is 1.00. The topological polar surface area (TPSA) is 40.5 Å². The molecule has 0 atom stereocenters. The second kappa shape index (κ2) is 17.1. The highest BCUT2D eigenvalue weighted by atomic mass is 16.3. The van der Waals surface area contributed by atoms with Gasteiger partial charge in [0.1, 0.15) is 0 Å². The zero-order valence-electron chi connectivity index (χ0n) is 8.55. The minimum Gasteiger partial charge on any atom is -0.397 e. The van der Waals surface area contributed by atoms with Gasteiger partial charge in [0.25, 0.3) is 0 Å². The van der Waals surface area contributed by atoms with Crippen molar-refractivity contribution in [3.63, 3.8) is 0 Å². The molecule has 1 fully saturated rings. The van der Waals surface area contributed by atoms with Crippen LogP contribution >= 0.6 is 0 Å². The lowest BCUT2D eigenvalue weighted by molar-refractivity contribution is 0.318. The fourth-order valence-electron chi connectivity index (χ4n) is 1.06. The smallest absolute Gasteiger partial charge is 0.0402 e. The van der Waals surface area contributed by atoms with Crippen molar-refractivity contribution in [1.82, 2.24) is 0 Å². The van der Waals surface area contributed by atoms with Gasteiger partial charge in [-0.3, -0.25) is 0 Å². The highest BCUT2D eigenvalue weighted by Crippen LogP contribution is 2.15. The molecule has 0 bridgehead atoms. The highest BCUT2D eigenvalue weighted by molar-refractivity contribution is 4.51. The van der Waals surface area contributed by atoms with Crippen LogP contribution in [0.5, 0.6) is 0 Å². The molecule has 0 heterocycles. The minimum absolute atomic E-state index is 0.250. The largest absolute Gasteiger partial charge is 0.397 e. The predicted molar refractivity (Wildman–Crippen MR) is 53.2 cm³/mol. The summed E-state index contributed by atoms with van der Waals surface area (Å²) in [6, 6.07) is 0. The molecule has 0 unspecified atom stereocenters. The van der Waals surface area contributed by atoms with Gasteiger partial charge in [-0.25, -0.2) is 0 Å². The zero-order valence-corrected chi connectivity index (χ0v) is 8.55. The Kier molecular flexibility index (Phi) is 20.6. The van der Waals surface area contributed by atoms with Gasteiger partial charge in [0, 0.05) is 13.2 Å². The number of aliphatic hydroxyl groups is 2. The maximum absolute atomic E-state index is 7.57. The van der Waals surface area contributed by atoms with Gasteiger partial charge < -0.3 is 10.2 Å².